The number of carbonyl (C=O) groups is 3. The van der Waals surface area contributed by atoms with Gasteiger partial charge in [-0.1, -0.05) is 0 Å². The molecule has 1 aromatic rings. The first-order valence-corrected chi connectivity index (χ1v) is 9.64. The number of nitrogens with zero attached hydrogens (tertiary/aromatic N) is 2. The zero-order valence-electron chi connectivity index (χ0n) is 16.8. The Hall–Kier alpha value is -2.42. The molecule has 2 N–H and O–H groups in total. The van der Waals surface area contributed by atoms with Gasteiger partial charge in [0.25, 0.3) is 5.91 Å². The largest absolute Gasteiger partial charge is 0.460 e. The molecule has 28 heavy (non-hydrogen) atoms. The molecule has 0 bridgehead atoms. The molecule has 2 atom stereocenters. The lowest BCUT2D eigenvalue weighted by Gasteiger charge is -2.26. The summed E-state index contributed by atoms with van der Waals surface area (Å²) in [6.07, 6.45) is 2.73. The van der Waals surface area contributed by atoms with Crippen molar-refractivity contribution < 1.29 is 23.9 Å². The minimum atomic E-state index is -1.40. The molecule has 3 amide bonds. The molecule has 2 aliphatic rings. The van der Waals surface area contributed by atoms with Crippen LogP contribution in [0.5, 0.6) is 0 Å². The summed E-state index contributed by atoms with van der Waals surface area (Å²) in [5, 5.41) is 9.52. The number of amides is 3. The van der Waals surface area contributed by atoms with Gasteiger partial charge < -0.3 is 14.8 Å². The Bertz CT molecular complexity index is 776. The zero-order valence-corrected chi connectivity index (χ0v) is 16.8. The number of rotatable bonds is 5. The van der Waals surface area contributed by atoms with E-state index in [4.69, 9.17) is 9.47 Å². The van der Waals surface area contributed by atoms with Crippen molar-refractivity contribution in [3.05, 3.63) is 17.5 Å². The van der Waals surface area contributed by atoms with Crippen molar-refractivity contribution in [2.45, 2.75) is 77.2 Å². The van der Waals surface area contributed by atoms with E-state index in [1.54, 1.807) is 31.5 Å². The van der Waals surface area contributed by atoms with Crippen molar-refractivity contribution in [3.63, 3.8) is 0 Å². The number of nitrogens with one attached hydrogen (secondary N) is 2. The third kappa shape index (κ3) is 4.19. The van der Waals surface area contributed by atoms with E-state index in [1.807, 2.05) is 6.92 Å². The Balaban J connectivity index is 1.85. The van der Waals surface area contributed by atoms with Gasteiger partial charge in [0, 0.05) is 18.7 Å². The summed E-state index contributed by atoms with van der Waals surface area (Å²) in [6.45, 7) is 7.88. The Morgan fingerprint density at radius 3 is 2.71 bits per heavy atom. The molecule has 0 aliphatic carbocycles. The van der Waals surface area contributed by atoms with E-state index >= 15 is 0 Å². The van der Waals surface area contributed by atoms with E-state index in [-0.39, 0.29) is 19.1 Å². The highest BCUT2D eigenvalue weighted by atomic mass is 16.6. The van der Waals surface area contributed by atoms with Gasteiger partial charge in [-0.2, -0.15) is 5.10 Å². The molecular formula is C19H28N4O5. The summed E-state index contributed by atoms with van der Waals surface area (Å²) < 4.78 is 12.9. The van der Waals surface area contributed by atoms with Gasteiger partial charge in [-0.25, -0.2) is 9.48 Å². The highest BCUT2D eigenvalue weighted by molar-refractivity contribution is 6.07. The van der Waals surface area contributed by atoms with Crippen LogP contribution in [0.25, 0.3) is 0 Å². The lowest BCUT2D eigenvalue weighted by molar-refractivity contribution is -0.155. The first-order valence-electron chi connectivity index (χ1n) is 9.64. The van der Waals surface area contributed by atoms with E-state index in [0.29, 0.717) is 12.3 Å². The van der Waals surface area contributed by atoms with Gasteiger partial charge in [0.05, 0.1) is 5.69 Å². The predicted octanol–water partition coefficient (Wildman–Crippen LogP) is 2.05. The van der Waals surface area contributed by atoms with E-state index in [9.17, 15) is 14.4 Å². The first-order chi connectivity index (χ1) is 13.1. The summed E-state index contributed by atoms with van der Waals surface area (Å²) in [5.41, 5.74) is -0.806. The summed E-state index contributed by atoms with van der Waals surface area (Å²) in [7, 11) is 0. The summed E-state index contributed by atoms with van der Waals surface area (Å²) in [5.74, 6) is -0.956. The molecule has 9 nitrogen and oxygen atoms in total. The molecule has 2 saturated heterocycles. The summed E-state index contributed by atoms with van der Waals surface area (Å²) in [6, 6.07) is 1.16. The molecule has 0 aromatic carbocycles. The van der Waals surface area contributed by atoms with Crippen LogP contribution in [0.2, 0.25) is 0 Å². The van der Waals surface area contributed by atoms with Crippen molar-refractivity contribution in [2.75, 3.05) is 6.61 Å². The predicted molar refractivity (Wildman–Crippen MR) is 99.2 cm³/mol. The standard InChI is InChI=1S/C19H28N4O5/c1-12-11-13(22-23(12)14-7-5-6-10-27-14)19(16(25)20-17(26)21-19)9-8-15(24)28-18(2,3)4/h11,14H,5-10H2,1-4H3,(H2,20,21,25,26). The molecule has 9 heteroatoms. The van der Waals surface area contributed by atoms with Gasteiger partial charge >= 0.3 is 12.0 Å². The number of aromatic nitrogens is 2. The fourth-order valence-electron chi connectivity index (χ4n) is 3.56. The van der Waals surface area contributed by atoms with E-state index in [1.165, 1.54) is 0 Å². The van der Waals surface area contributed by atoms with Crippen LogP contribution in [0, 0.1) is 6.92 Å². The smallest absolute Gasteiger partial charge is 0.322 e. The number of esters is 1. The van der Waals surface area contributed by atoms with Crippen LogP contribution < -0.4 is 10.6 Å². The topological polar surface area (TPSA) is 112 Å². The van der Waals surface area contributed by atoms with Crippen molar-refractivity contribution in [2.24, 2.45) is 0 Å². The lowest BCUT2D eigenvalue weighted by atomic mass is 9.89. The minimum absolute atomic E-state index is 0.0309. The third-order valence-corrected chi connectivity index (χ3v) is 4.85. The van der Waals surface area contributed by atoms with Crippen LogP contribution in [0.1, 0.15) is 70.5 Å². The minimum Gasteiger partial charge on any atom is -0.460 e. The molecule has 3 rings (SSSR count). The SMILES string of the molecule is Cc1cc(C2(CCC(=O)OC(C)(C)C)NC(=O)NC2=O)nn1C1CCCCO1. The number of imide groups is 1. The quantitative estimate of drug-likeness (QED) is 0.586. The molecular weight excluding hydrogens is 364 g/mol. The number of carbonyl (C=O) groups excluding carboxylic acids is 3. The molecule has 1 aromatic heterocycles. The molecule has 154 valence electrons. The first kappa shape index (κ1) is 20.3. The highest BCUT2D eigenvalue weighted by Gasteiger charge is 2.50. The van der Waals surface area contributed by atoms with Gasteiger partial charge in [-0.15, -0.1) is 0 Å². The average Bonchev–Trinajstić information content (AvgIpc) is 3.12. The Kier molecular flexibility index (Phi) is 5.47. The van der Waals surface area contributed by atoms with Crippen molar-refractivity contribution >= 4 is 17.9 Å². The van der Waals surface area contributed by atoms with Crippen LogP contribution in [0.15, 0.2) is 6.07 Å². The fraction of sp³-hybridized carbons (Fsp3) is 0.684. The lowest BCUT2D eigenvalue weighted by Crippen LogP contribution is -2.45. The van der Waals surface area contributed by atoms with Gasteiger partial charge in [0.1, 0.15) is 11.8 Å². The van der Waals surface area contributed by atoms with Crippen LogP contribution in [-0.2, 0) is 24.6 Å². The van der Waals surface area contributed by atoms with Gasteiger partial charge in [0.2, 0.25) is 0 Å². The summed E-state index contributed by atoms with van der Waals surface area (Å²) in [4.78, 5) is 36.7. The third-order valence-electron chi connectivity index (χ3n) is 4.85. The fourth-order valence-corrected chi connectivity index (χ4v) is 3.56. The number of hydrogen-bond acceptors (Lipinski definition) is 6. The van der Waals surface area contributed by atoms with Gasteiger partial charge in [0.15, 0.2) is 5.54 Å². The number of urea groups is 1. The zero-order chi connectivity index (χ0) is 20.5. The number of aryl methyl sites for hydroxylation is 1. The maximum Gasteiger partial charge on any atom is 0.322 e. The highest BCUT2D eigenvalue weighted by Crippen LogP contribution is 2.32. The monoisotopic (exact) mass is 392 g/mol. The molecule has 0 spiro atoms. The van der Waals surface area contributed by atoms with E-state index < -0.39 is 29.0 Å². The van der Waals surface area contributed by atoms with Crippen molar-refractivity contribution in [3.8, 4) is 0 Å². The molecule has 3 heterocycles. The van der Waals surface area contributed by atoms with E-state index in [0.717, 1.165) is 25.0 Å². The van der Waals surface area contributed by atoms with Crippen LogP contribution >= 0.6 is 0 Å². The second-order valence-corrected chi connectivity index (χ2v) is 8.34. The van der Waals surface area contributed by atoms with Crippen LogP contribution in [-0.4, -0.2) is 39.9 Å². The van der Waals surface area contributed by atoms with Gasteiger partial charge in [-0.3, -0.25) is 14.9 Å². The van der Waals surface area contributed by atoms with Crippen molar-refractivity contribution in [1.82, 2.24) is 20.4 Å². The van der Waals surface area contributed by atoms with E-state index in [2.05, 4.69) is 15.7 Å². The van der Waals surface area contributed by atoms with Gasteiger partial charge in [-0.05, 0) is 59.4 Å². The average molecular weight is 392 g/mol. The molecule has 2 unspecified atom stereocenters. The van der Waals surface area contributed by atoms with Crippen molar-refractivity contribution in [1.29, 1.82) is 0 Å². The Labute approximate surface area is 164 Å². The maximum absolute atomic E-state index is 12.7. The molecule has 0 saturated carbocycles. The molecule has 2 fully saturated rings. The molecule has 2 aliphatic heterocycles. The Morgan fingerprint density at radius 2 is 2.14 bits per heavy atom. The second-order valence-electron chi connectivity index (χ2n) is 8.34. The maximum atomic E-state index is 12.7. The van der Waals surface area contributed by atoms with Crippen LogP contribution in [0.3, 0.4) is 0 Å². The molecule has 0 radical (unpaired) electrons. The number of ether oxygens (including phenoxy) is 2. The Morgan fingerprint density at radius 1 is 1.39 bits per heavy atom. The second kappa shape index (κ2) is 7.54. The normalized spacial score (nSPS) is 25.4. The van der Waals surface area contributed by atoms with Crippen LogP contribution in [0.4, 0.5) is 4.79 Å². The summed E-state index contributed by atoms with van der Waals surface area (Å²) >= 11 is 0. The number of hydrogen-bond donors (Lipinski definition) is 2.